The predicted octanol–water partition coefficient (Wildman–Crippen LogP) is 7.16. The minimum Gasteiger partial charge on any atom is -0.495 e. The van der Waals surface area contributed by atoms with Crippen molar-refractivity contribution in [3.05, 3.63) is 81.9 Å². The van der Waals surface area contributed by atoms with Gasteiger partial charge >= 0.3 is 0 Å². The highest BCUT2D eigenvalue weighted by Gasteiger charge is 2.31. The van der Waals surface area contributed by atoms with Crippen LogP contribution in [0.3, 0.4) is 0 Å². The Balaban J connectivity index is 1.56. The molecule has 0 aromatic heterocycles. The molecule has 0 saturated heterocycles. The van der Waals surface area contributed by atoms with Crippen LogP contribution >= 0.6 is 23.2 Å². The van der Waals surface area contributed by atoms with Gasteiger partial charge in [-0.15, -0.1) is 0 Å². The van der Waals surface area contributed by atoms with E-state index >= 15 is 0 Å². The van der Waals surface area contributed by atoms with Gasteiger partial charge in [0.2, 0.25) is 0 Å². The zero-order valence-electron chi connectivity index (χ0n) is 21.3. The van der Waals surface area contributed by atoms with Gasteiger partial charge in [-0.3, -0.25) is 4.79 Å². The van der Waals surface area contributed by atoms with Gasteiger partial charge in [-0.05, 0) is 78.1 Å². The molecular weight excluding hydrogens is 491 g/mol. The van der Waals surface area contributed by atoms with Crippen LogP contribution in [0.25, 0.3) is 15.8 Å². The van der Waals surface area contributed by atoms with Crippen LogP contribution in [0.15, 0.2) is 60.2 Å². The van der Waals surface area contributed by atoms with Gasteiger partial charge in [-0.25, -0.2) is 0 Å². The Bertz CT molecular complexity index is 1270. The molecule has 0 aliphatic heterocycles. The highest BCUT2D eigenvalue weighted by Crippen LogP contribution is 2.43. The van der Waals surface area contributed by atoms with Gasteiger partial charge in [0.05, 0.1) is 17.2 Å². The first-order chi connectivity index (χ1) is 17.5. The van der Waals surface area contributed by atoms with Crippen molar-refractivity contribution < 1.29 is 9.53 Å². The zero-order valence-corrected chi connectivity index (χ0v) is 22.8. The largest absolute Gasteiger partial charge is 0.495 e. The van der Waals surface area contributed by atoms with E-state index in [4.69, 9.17) is 27.9 Å². The Morgan fingerprint density at radius 2 is 1.67 bits per heavy atom. The second-order valence-corrected chi connectivity index (χ2v) is 9.98. The Morgan fingerprint density at radius 3 is 2.39 bits per heavy atom. The molecule has 3 aromatic carbocycles. The first kappa shape index (κ1) is 26.5. The van der Waals surface area contributed by atoms with E-state index in [1.165, 1.54) is 10.8 Å². The third-order valence-electron chi connectivity index (χ3n) is 7.06. The molecule has 0 saturated carbocycles. The number of benzene rings is 3. The number of carbonyl (C=O) groups is 1. The van der Waals surface area contributed by atoms with Crippen molar-refractivity contribution in [1.29, 1.82) is 0 Å². The van der Waals surface area contributed by atoms with E-state index in [1.54, 1.807) is 13.2 Å². The van der Waals surface area contributed by atoms with Crippen molar-refractivity contribution in [3.63, 3.8) is 0 Å². The lowest BCUT2D eigenvalue weighted by molar-refractivity contribution is -0.127. The minimum absolute atomic E-state index is 0.0257. The standard InChI is InChI=1S/C30H34Cl2N2O2/c1-4-33(5-2)16-8-9-17-34(20-21-12-13-22-10-6-7-11-23(22)18-21)30(35)26-19-25-24(28(26)31)14-15-27(36-3)29(25)32/h6-7,10-15,18H,4-5,8-9,16-17,19-20H2,1-3H3. The summed E-state index contributed by atoms with van der Waals surface area (Å²) in [5.74, 6) is 0.570. The lowest BCUT2D eigenvalue weighted by Crippen LogP contribution is -2.33. The number of methoxy groups -OCH3 is 1. The van der Waals surface area contributed by atoms with Crippen LogP contribution in [0.2, 0.25) is 5.02 Å². The summed E-state index contributed by atoms with van der Waals surface area (Å²) < 4.78 is 5.37. The molecule has 0 atom stereocenters. The van der Waals surface area contributed by atoms with E-state index < -0.39 is 0 Å². The number of unbranched alkanes of at least 4 members (excludes halogenated alkanes) is 1. The molecule has 0 fully saturated rings. The molecule has 1 amide bonds. The molecule has 0 bridgehead atoms. The van der Waals surface area contributed by atoms with Crippen LogP contribution in [-0.4, -0.2) is 49.0 Å². The molecule has 190 valence electrons. The summed E-state index contributed by atoms with van der Waals surface area (Å²) in [6.07, 6.45) is 2.39. The molecular formula is C30H34Cl2N2O2. The third kappa shape index (κ3) is 5.72. The normalized spacial score (nSPS) is 12.9. The molecule has 0 spiro atoms. The molecule has 0 heterocycles. The van der Waals surface area contributed by atoms with Crippen molar-refractivity contribution in [2.75, 3.05) is 33.3 Å². The SMILES string of the molecule is CCN(CC)CCCCN(Cc1ccc2ccccc2c1)C(=O)C1=C(Cl)c2ccc(OC)c(Cl)c2C1. The molecule has 6 heteroatoms. The molecule has 0 unspecified atom stereocenters. The zero-order chi connectivity index (χ0) is 25.7. The van der Waals surface area contributed by atoms with Gasteiger partial charge < -0.3 is 14.5 Å². The van der Waals surface area contributed by atoms with Gasteiger partial charge in [0.1, 0.15) is 5.75 Å². The van der Waals surface area contributed by atoms with Gasteiger partial charge in [0.15, 0.2) is 0 Å². The van der Waals surface area contributed by atoms with E-state index in [9.17, 15) is 4.79 Å². The summed E-state index contributed by atoms with van der Waals surface area (Å²) in [6.45, 7) is 8.71. The first-order valence-electron chi connectivity index (χ1n) is 12.7. The maximum absolute atomic E-state index is 13.9. The smallest absolute Gasteiger partial charge is 0.251 e. The fourth-order valence-electron chi connectivity index (χ4n) is 4.90. The molecule has 4 rings (SSSR count). The van der Waals surface area contributed by atoms with Crippen LogP contribution in [0, 0.1) is 0 Å². The number of hydrogen-bond donors (Lipinski definition) is 0. The highest BCUT2D eigenvalue weighted by molar-refractivity contribution is 6.52. The van der Waals surface area contributed by atoms with Gasteiger partial charge in [0, 0.05) is 25.1 Å². The molecule has 3 aromatic rings. The Kier molecular flexibility index (Phi) is 8.95. The van der Waals surface area contributed by atoms with Crippen LogP contribution in [0.5, 0.6) is 5.75 Å². The lowest BCUT2D eigenvalue weighted by atomic mass is 10.1. The van der Waals surface area contributed by atoms with Crippen molar-refractivity contribution in [1.82, 2.24) is 9.80 Å². The molecule has 1 aliphatic rings. The molecule has 4 nitrogen and oxygen atoms in total. The molecule has 1 aliphatic carbocycles. The maximum atomic E-state index is 13.9. The summed E-state index contributed by atoms with van der Waals surface area (Å²) in [5, 5.41) is 3.38. The molecule has 0 radical (unpaired) electrons. The fraction of sp³-hybridized carbons (Fsp3) is 0.367. The summed E-state index contributed by atoms with van der Waals surface area (Å²) in [5.41, 5.74) is 3.39. The summed E-state index contributed by atoms with van der Waals surface area (Å²) in [7, 11) is 1.59. The van der Waals surface area contributed by atoms with E-state index in [-0.39, 0.29) is 5.91 Å². The van der Waals surface area contributed by atoms with Crippen LogP contribution in [0.1, 0.15) is 43.4 Å². The van der Waals surface area contributed by atoms with E-state index in [2.05, 4.69) is 49.1 Å². The number of fused-ring (bicyclic) bond motifs is 2. The maximum Gasteiger partial charge on any atom is 0.251 e. The quantitative estimate of drug-likeness (QED) is 0.249. The number of carbonyl (C=O) groups excluding carboxylic acids is 1. The fourth-order valence-corrected chi connectivity index (χ4v) is 5.53. The highest BCUT2D eigenvalue weighted by atomic mass is 35.5. The van der Waals surface area contributed by atoms with E-state index in [1.807, 2.05) is 23.1 Å². The topological polar surface area (TPSA) is 32.8 Å². The van der Waals surface area contributed by atoms with Crippen molar-refractivity contribution in [2.45, 2.75) is 39.7 Å². The molecule has 0 N–H and O–H groups in total. The van der Waals surface area contributed by atoms with E-state index in [0.29, 0.717) is 40.9 Å². The third-order valence-corrected chi connectivity index (χ3v) is 7.91. The second kappa shape index (κ2) is 12.1. The summed E-state index contributed by atoms with van der Waals surface area (Å²) in [6, 6.07) is 18.4. The number of halogens is 2. The summed E-state index contributed by atoms with van der Waals surface area (Å²) >= 11 is 13.3. The summed E-state index contributed by atoms with van der Waals surface area (Å²) in [4.78, 5) is 18.3. The number of ether oxygens (including phenoxy) is 1. The number of amides is 1. The van der Waals surface area contributed by atoms with Gasteiger partial charge in [0.25, 0.3) is 5.91 Å². The van der Waals surface area contributed by atoms with Crippen molar-refractivity contribution in [3.8, 4) is 5.75 Å². The van der Waals surface area contributed by atoms with Crippen LogP contribution in [-0.2, 0) is 17.8 Å². The first-order valence-corrected chi connectivity index (χ1v) is 13.5. The number of nitrogens with zero attached hydrogens (tertiary/aromatic N) is 2. The van der Waals surface area contributed by atoms with Crippen molar-refractivity contribution >= 4 is 44.9 Å². The second-order valence-electron chi connectivity index (χ2n) is 9.22. The Labute approximate surface area is 224 Å². The average molecular weight is 526 g/mol. The van der Waals surface area contributed by atoms with E-state index in [0.717, 1.165) is 49.2 Å². The number of rotatable bonds is 11. The van der Waals surface area contributed by atoms with Gasteiger partial charge in [-0.1, -0.05) is 73.4 Å². The van der Waals surface area contributed by atoms with Crippen molar-refractivity contribution in [2.24, 2.45) is 0 Å². The minimum atomic E-state index is -0.0257. The monoisotopic (exact) mass is 524 g/mol. The number of hydrogen-bond acceptors (Lipinski definition) is 3. The van der Waals surface area contributed by atoms with Gasteiger partial charge in [-0.2, -0.15) is 0 Å². The Morgan fingerprint density at radius 1 is 0.944 bits per heavy atom. The lowest BCUT2D eigenvalue weighted by Gasteiger charge is -2.25. The van der Waals surface area contributed by atoms with Crippen LogP contribution in [0.4, 0.5) is 0 Å². The predicted molar refractivity (Wildman–Crippen MR) is 151 cm³/mol. The molecule has 36 heavy (non-hydrogen) atoms. The van der Waals surface area contributed by atoms with Crippen LogP contribution < -0.4 is 4.74 Å². The Hall–Kier alpha value is -2.53. The average Bonchev–Trinajstić information content (AvgIpc) is 3.24.